The number of alkyl halides is 1. The largest absolute Gasteiger partial charge is 0.328 e. The number of aryl methyl sites for hydroxylation is 1. The molecule has 2 aromatic rings. The Balaban J connectivity index is 2.44. The molecular formula is C13H13ClFN3O2. The normalized spacial score (nSPS) is 10.7. The van der Waals surface area contributed by atoms with Gasteiger partial charge in [0.2, 0.25) is 5.95 Å². The van der Waals surface area contributed by atoms with Gasteiger partial charge < -0.3 is 0 Å². The lowest BCUT2D eigenvalue weighted by Gasteiger charge is -2.07. The van der Waals surface area contributed by atoms with E-state index in [0.717, 1.165) is 6.42 Å². The number of pyridine rings is 1. The van der Waals surface area contributed by atoms with Crippen LogP contribution in [0.3, 0.4) is 0 Å². The second-order valence-corrected chi connectivity index (χ2v) is 4.61. The highest BCUT2D eigenvalue weighted by Gasteiger charge is 2.11. The first kappa shape index (κ1) is 14.5. The fourth-order valence-corrected chi connectivity index (χ4v) is 2.02. The van der Waals surface area contributed by atoms with Crippen LogP contribution in [-0.2, 0) is 6.54 Å². The number of H-pyrrole nitrogens is 1. The zero-order valence-electron chi connectivity index (χ0n) is 10.6. The van der Waals surface area contributed by atoms with Gasteiger partial charge in [0, 0.05) is 30.4 Å². The van der Waals surface area contributed by atoms with Crippen LogP contribution in [0, 0.1) is 5.95 Å². The molecule has 2 heterocycles. The van der Waals surface area contributed by atoms with Gasteiger partial charge >= 0.3 is 5.69 Å². The number of rotatable bonds is 5. The van der Waals surface area contributed by atoms with E-state index in [1.165, 1.54) is 29.1 Å². The Labute approximate surface area is 119 Å². The number of nitrogens with one attached hydrogen (secondary N) is 1. The molecule has 2 aromatic heterocycles. The molecule has 7 heteroatoms. The van der Waals surface area contributed by atoms with Gasteiger partial charge in [-0.05, 0) is 25.0 Å². The molecular weight excluding hydrogens is 285 g/mol. The summed E-state index contributed by atoms with van der Waals surface area (Å²) in [5.41, 5.74) is -0.992. The number of nitrogens with zero attached hydrogens (tertiary/aromatic N) is 2. The molecule has 0 radical (unpaired) electrons. The molecule has 5 nitrogen and oxygen atoms in total. The van der Waals surface area contributed by atoms with Gasteiger partial charge in [-0.25, -0.2) is 9.78 Å². The highest BCUT2D eigenvalue weighted by atomic mass is 35.5. The summed E-state index contributed by atoms with van der Waals surface area (Å²) in [6.07, 6.45) is 4.10. The van der Waals surface area contributed by atoms with Crippen molar-refractivity contribution < 1.29 is 4.39 Å². The summed E-state index contributed by atoms with van der Waals surface area (Å²) in [5, 5.41) is 0. The van der Waals surface area contributed by atoms with Crippen LogP contribution >= 0.6 is 11.6 Å². The van der Waals surface area contributed by atoms with Gasteiger partial charge in [-0.2, -0.15) is 4.39 Å². The lowest BCUT2D eigenvalue weighted by molar-refractivity contribution is 0.583. The van der Waals surface area contributed by atoms with E-state index in [0.29, 0.717) is 18.8 Å². The van der Waals surface area contributed by atoms with E-state index >= 15 is 0 Å². The third kappa shape index (κ3) is 3.14. The number of unbranched alkanes of at least 4 members (excludes halogenated alkanes) is 1. The Kier molecular flexibility index (Phi) is 4.68. The summed E-state index contributed by atoms with van der Waals surface area (Å²) in [6, 6.07) is 2.97. The topological polar surface area (TPSA) is 67.8 Å². The molecule has 0 spiro atoms. The third-order valence-corrected chi connectivity index (χ3v) is 3.11. The molecule has 0 bridgehead atoms. The number of hydrogen-bond acceptors (Lipinski definition) is 3. The van der Waals surface area contributed by atoms with Crippen LogP contribution in [0.5, 0.6) is 0 Å². The summed E-state index contributed by atoms with van der Waals surface area (Å²) in [4.78, 5) is 29.1. The minimum Gasteiger partial charge on any atom is -0.300 e. The summed E-state index contributed by atoms with van der Waals surface area (Å²) in [5.74, 6) is -0.244. The van der Waals surface area contributed by atoms with Crippen molar-refractivity contribution in [1.82, 2.24) is 14.5 Å². The van der Waals surface area contributed by atoms with Crippen molar-refractivity contribution in [3.05, 3.63) is 51.3 Å². The molecule has 20 heavy (non-hydrogen) atoms. The van der Waals surface area contributed by atoms with Gasteiger partial charge in [-0.1, -0.05) is 0 Å². The van der Waals surface area contributed by atoms with E-state index in [4.69, 9.17) is 11.6 Å². The second kappa shape index (κ2) is 6.47. The highest BCUT2D eigenvalue weighted by Crippen LogP contribution is 2.16. The van der Waals surface area contributed by atoms with Crippen LogP contribution < -0.4 is 11.2 Å². The molecule has 0 aliphatic carbocycles. The Morgan fingerprint density at radius 3 is 2.80 bits per heavy atom. The minimum absolute atomic E-state index is 0.0693. The van der Waals surface area contributed by atoms with Gasteiger partial charge in [0.05, 0.1) is 5.56 Å². The highest BCUT2D eigenvalue weighted by molar-refractivity contribution is 6.17. The van der Waals surface area contributed by atoms with Crippen LogP contribution in [0.4, 0.5) is 4.39 Å². The smallest absolute Gasteiger partial charge is 0.300 e. The molecule has 0 amide bonds. The lowest BCUT2D eigenvalue weighted by Crippen LogP contribution is -2.30. The van der Waals surface area contributed by atoms with Crippen LogP contribution in [0.25, 0.3) is 11.1 Å². The van der Waals surface area contributed by atoms with Crippen LogP contribution in [0.2, 0.25) is 0 Å². The zero-order chi connectivity index (χ0) is 14.5. The van der Waals surface area contributed by atoms with Crippen LogP contribution in [0.1, 0.15) is 12.8 Å². The fourth-order valence-electron chi connectivity index (χ4n) is 1.83. The van der Waals surface area contributed by atoms with Crippen molar-refractivity contribution in [3.8, 4) is 11.1 Å². The Morgan fingerprint density at radius 2 is 2.10 bits per heavy atom. The van der Waals surface area contributed by atoms with Crippen LogP contribution in [0.15, 0.2) is 34.1 Å². The summed E-state index contributed by atoms with van der Waals surface area (Å²) in [6.45, 7) is 0.414. The molecule has 0 aromatic carbocycles. The summed E-state index contributed by atoms with van der Waals surface area (Å²) >= 11 is 5.58. The van der Waals surface area contributed by atoms with E-state index in [9.17, 15) is 14.0 Å². The first-order valence-electron chi connectivity index (χ1n) is 6.14. The Hall–Kier alpha value is -1.95. The lowest BCUT2D eigenvalue weighted by atomic mass is 10.1. The number of aromatic amines is 1. The molecule has 0 aliphatic heterocycles. The van der Waals surface area contributed by atoms with Gasteiger partial charge in [0.15, 0.2) is 0 Å². The van der Waals surface area contributed by atoms with Crippen molar-refractivity contribution in [1.29, 1.82) is 0 Å². The summed E-state index contributed by atoms with van der Waals surface area (Å²) in [7, 11) is 0. The Bertz CT molecular complexity index is 711. The van der Waals surface area contributed by atoms with Crippen molar-refractivity contribution in [2.75, 3.05) is 5.88 Å². The quantitative estimate of drug-likeness (QED) is 0.519. The molecule has 0 aliphatic rings. The van der Waals surface area contributed by atoms with Gasteiger partial charge in [0.1, 0.15) is 0 Å². The maximum atomic E-state index is 13.6. The van der Waals surface area contributed by atoms with Crippen molar-refractivity contribution in [2.24, 2.45) is 0 Å². The molecule has 0 saturated carbocycles. The molecule has 0 saturated heterocycles. The number of hydrogen-bond donors (Lipinski definition) is 1. The SMILES string of the molecule is O=c1[nH]c(=O)n(CCCCCl)cc1-c1cccnc1F. The Morgan fingerprint density at radius 1 is 1.30 bits per heavy atom. The predicted octanol–water partition coefficient (Wildman–Crippen LogP) is 1.76. The molecule has 2 rings (SSSR count). The zero-order valence-corrected chi connectivity index (χ0v) is 11.4. The van der Waals surface area contributed by atoms with Gasteiger partial charge in [-0.3, -0.25) is 14.3 Å². The van der Waals surface area contributed by atoms with Crippen molar-refractivity contribution in [2.45, 2.75) is 19.4 Å². The third-order valence-electron chi connectivity index (χ3n) is 2.84. The molecule has 0 unspecified atom stereocenters. The second-order valence-electron chi connectivity index (χ2n) is 4.23. The molecule has 1 N–H and O–H groups in total. The first-order valence-corrected chi connectivity index (χ1v) is 6.67. The monoisotopic (exact) mass is 297 g/mol. The average Bonchev–Trinajstić information content (AvgIpc) is 2.42. The standard InChI is InChI=1S/C13H13ClFN3O2/c14-5-1-2-7-18-8-10(12(19)17-13(18)20)9-4-3-6-16-11(9)15/h3-4,6,8H,1-2,5,7H2,(H,17,19,20). The van der Waals surface area contributed by atoms with E-state index < -0.39 is 17.2 Å². The predicted molar refractivity (Wildman–Crippen MR) is 74.5 cm³/mol. The summed E-state index contributed by atoms with van der Waals surface area (Å²) < 4.78 is 15.0. The van der Waals surface area contributed by atoms with E-state index in [-0.39, 0.29) is 11.1 Å². The average molecular weight is 298 g/mol. The number of aromatic nitrogens is 3. The molecule has 0 atom stereocenters. The maximum Gasteiger partial charge on any atom is 0.328 e. The van der Waals surface area contributed by atoms with E-state index in [2.05, 4.69) is 9.97 Å². The number of halogens is 2. The van der Waals surface area contributed by atoms with Crippen molar-refractivity contribution >= 4 is 11.6 Å². The molecule has 106 valence electrons. The van der Waals surface area contributed by atoms with E-state index in [1.807, 2.05) is 0 Å². The minimum atomic E-state index is -0.746. The fraction of sp³-hybridized carbons (Fsp3) is 0.308. The van der Waals surface area contributed by atoms with Crippen LogP contribution in [-0.4, -0.2) is 20.4 Å². The molecule has 0 fully saturated rings. The van der Waals surface area contributed by atoms with E-state index in [1.54, 1.807) is 0 Å². The maximum absolute atomic E-state index is 13.6. The van der Waals surface area contributed by atoms with Crippen molar-refractivity contribution in [3.63, 3.8) is 0 Å². The van der Waals surface area contributed by atoms with Gasteiger partial charge in [0.25, 0.3) is 5.56 Å². The first-order chi connectivity index (χ1) is 9.63. The van der Waals surface area contributed by atoms with Gasteiger partial charge in [-0.15, -0.1) is 11.6 Å².